The van der Waals surface area contributed by atoms with Crippen LogP contribution in [0.4, 0.5) is 0 Å². The molecule has 0 aliphatic heterocycles. The fraction of sp³-hybridized carbons (Fsp3) is 0.625. The summed E-state index contributed by atoms with van der Waals surface area (Å²) in [6.07, 6.45) is 1.19. The molecule has 0 saturated carbocycles. The summed E-state index contributed by atoms with van der Waals surface area (Å²) >= 11 is 0. The van der Waals surface area contributed by atoms with Crippen molar-refractivity contribution >= 4 is 0 Å². The maximum absolute atomic E-state index is 3.66. The molecular formula is C16H28N2. The van der Waals surface area contributed by atoms with Gasteiger partial charge in [-0.1, -0.05) is 44.2 Å². The standard InChI is InChI=1S/C16H28N2/c1-5-15(16-10-8-7-9-11-16)12-17-14(3)13-18(4)6-2/h7-11,14-15,17H,5-6,12-13H2,1-4H3. The van der Waals surface area contributed by atoms with E-state index in [9.17, 15) is 0 Å². The second-order valence-electron chi connectivity index (χ2n) is 5.18. The molecule has 1 rings (SSSR count). The Labute approximate surface area is 112 Å². The molecule has 0 fully saturated rings. The fourth-order valence-corrected chi connectivity index (χ4v) is 2.23. The van der Waals surface area contributed by atoms with Gasteiger partial charge in [0, 0.05) is 19.1 Å². The Balaban J connectivity index is 2.40. The second-order valence-corrected chi connectivity index (χ2v) is 5.18. The van der Waals surface area contributed by atoms with Gasteiger partial charge < -0.3 is 10.2 Å². The first-order chi connectivity index (χ1) is 8.67. The third kappa shape index (κ3) is 5.19. The Hall–Kier alpha value is -0.860. The van der Waals surface area contributed by atoms with Crippen LogP contribution in [0.1, 0.15) is 38.7 Å². The van der Waals surface area contributed by atoms with Crippen LogP contribution in [0.3, 0.4) is 0 Å². The summed E-state index contributed by atoms with van der Waals surface area (Å²) in [5.41, 5.74) is 1.45. The Morgan fingerprint density at radius 2 is 1.83 bits per heavy atom. The van der Waals surface area contributed by atoms with Crippen LogP contribution in [0.15, 0.2) is 30.3 Å². The van der Waals surface area contributed by atoms with Crippen molar-refractivity contribution in [3.05, 3.63) is 35.9 Å². The number of nitrogens with one attached hydrogen (secondary N) is 1. The van der Waals surface area contributed by atoms with Crippen LogP contribution in [-0.2, 0) is 0 Å². The van der Waals surface area contributed by atoms with Crippen molar-refractivity contribution in [3.63, 3.8) is 0 Å². The summed E-state index contributed by atoms with van der Waals surface area (Å²) in [5.74, 6) is 0.626. The van der Waals surface area contributed by atoms with Gasteiger partial charge in [-0.25, -0.2) is 0 Å². The molecule has 0 saturated heterocycles. The Kier molecular flexibility index (Phi) is 6.99. The van der Waals surface area contributed by atoms with E-state index >= 15 is 0 Å². The van der Waals surface area contributed by atoms with E-state index in [-0.39, 0.29) is 0 Å². The van der Waals surface area contributed by atoms with Gasteiger partial charge in [0.2, 0.25) is 0 Å². The van der Waals surface area contributed by atoms with E-state index in [2.05, 4.69) is 68.4 Å². The minimum absolute atomic E-state index is 0.549. The molecule has 0 radical (unpaired) electrons. The van der Waals surface area contributed by atoms with Gasteiger partial charge in [0.25, 0.3) is 0 Å². The first-order valence-electron chi connectivity index (χ1n) is 7.14. The highest BCUT2D eigenvalue weighted by atomic mass is 15.1. The SMILES string of the molecule is CCC(CNC(C)CN(C)CC)c1ccccc1. The highest BCUT2D eigenvalue weighted by Crippen LogP contribution is 2.18. The summed E-state index contributed by atoms with van der Waals surface area (Å²) in [6, 6.07) is 11.4. The summed E-state index contributed by atoms with van der Waals surface area (Å²) in [6.45, 7) is 10.0. The molecule has 1 aromatic carbocycles. The van der Waals surface area contributed by atoms with Crippen LogP contribution in [0, 0.1) is 0 Å². The van der Waals surface area contributed by atoms with Gasteiger partial charge >= 0.3 is 0 Å². The molecule has 0 aliphatic carbocycles. The average Bonchev–Trinajstić information content (AvgIpc) is 2.40. The molecule has 2 nitrogen and oxygen atoms in total. The van der Waals surface area contributed by atoms with E-state index < -0.39 is 0 Å². The Bertz CT molecular complexity index is 310. The van der Waals surface area contributed by atoms with Crippen LogP contribution in [-0.4, -0.2) is 37.6 Å². The predicted octanol–water partition coefficient (Wildman–Crippen LogP) is 3.11. The van der Waals surface area contributed by atoms with E-state index in [0.29, 0.717) is 12.0 Å². The lowest BCUT2D eigenvalue weighted by Gasteiger charge is -2.23. The molecule has 0 amide bonds. The van der Waals surface area contributed by atoms with Gasteiger partial charge in [-0.3, -0.25) is 0 Å². The van der Waals surface area contributed by atoms with Crippen LogP contribution in [0.2, 0.25) is 0 Å². The number of hydrogen-bond acceptors (Lipinski definition) is 2. The molecule has 18 heavy (non-hydrogen) atoms. The zero-order valence-corrected chi connectivity index (χ0v) is 12.3. The van der Waals surface area contributed by atoms with Gasteiger partial charge in [0.15, 0.2) is 0 Å². The van der Waals surface area contributed by atoms with E-state index in [4.69, 9.17) is 0 Å². The molecule has 1 aromatic rings. The van der Waals surface area contributed by atoms with Crippen molar-refractivity contribution < 1.29 is 0 Å². The van der Waals surface area contributed by atoms with Crippen molar-refractivity contribution in [3.8, 4) is 0 Å². The Morgan fingerprint density at radius 1 is 1.17 bits per heavy atom. The Morgan fingerprint density at radius 3 is 2.39 bits per heavy atom. The van der Waals surface area contributed by atoms with Crippen molar-refractivity contribution in [1.82, 2.24) is 10.2 Å². The largest absolute Gasteiger partial charge is 0.312 e. The molecule has 0 spiro atoms. The van der Waals surface area contributed by atoms with Crippen LogP contribution in [0.5, 0.6) is 0 Å². The second kappa shape index (κ2) is 8.28. The smallest absolute Gasteiger partial charge is 0.0166 e. The van der Waals surface area contributed by atoms with Gasteiger partial charge in [-0.05, 0) is 38.4 Å². The third-order valence-electron chi connectivity index (χ3n) is 3.60. The van der Waals surface area contributed by atoms with E-state index in [1.165, 1.54) is 12.0 Å². The third-order valence-corrected chi connectivity index (χ3v) is 3.60. The van der Waals surface area contributed by atoms with Gasteiger partial charge in [-0.2, -0.15) is 0 Å². The van der Waals surface area contributed by atoms with E-state index in [1.807, 2.05) is 0 Å². The molecule has 0 heterocycles. The van der Waals surface area contributed by atoms with Gasteiger partial charge in [-0.15, -0.1) is 0 Å². The number of hydrogen-bond donors (Lipinski definition) is 1. The monoisotopic (exact) mass is 248 g/mol. The van der Waals surface area contributed by atoms with Crippen LogP contribution < -0.4 is 5.32 Å². The zero-order valence-electron chi connectivity index (χ0n) is 12.3. The fourth-order valence-electron chi connectivity index (χ4n) is 2.23. The molecule has 0 aromatic heterocycles. The van der Waals surface area contributed by atoms with Crippen molar-refractivity contribution in [2.75, 3.05) is 26.7 Å². The maximum atomic E-state index is 3.66. The molecule has 2 unspecified atom stereocenters. The molecule has 1 N–H and O–H groups in total. The summed E-state index contributed by atoms with van der Waals surface area (Å²) in [5, 5.41) is 3.66. The summed E-state index contributed by atoms with van der Waals surface area (Å²) < 4.78 is 0. The van der Waals surface area contributed by atoms with Gasteiger partial charge in [0.05, 0.1) is 0 Å². The predicted molar refractivity (Wildman–Crippen MR) is 80.1 cm³/mol. The molecule has 102 valence electrons. The van der Waals surface area contributed by atoms with Gasteiger partial charge in [0.1, 0.15) is 0 Å². The number of likely N-dealkylation sites (N-methyl/N-ethyl adjacent to an activating group) is 1. The van der Waals surface area contributed by atoms with E-state index in [1.54, 1.807) is 0 Å². The minimum atomic E-state index is 0.549. The molecule has 0 bridgehead atoms. The van der Waals surface area contributed by atoms with Crippen molar-refractivity contribution in [2.24, 2.45) is 0 Å². The lowest BCUT2D eigenvalue weighted by atomic mass is 9.96. The normalized spacial score (nSPS) is 14.7. The highest BCUT2D eigenvalue weighted by Gasteiger charge is 2.11. The van der Waals surface area contributed by atoms with Crippen molar-refractivity contribution in [2.45, 2.75) is 39.2 Å². The molecular weight excluding hydrogens is 220 g/mol. The quantitative estimate of drug-likeness (QED) is 0.760. The zero-order chi connectivity index (χ0) is 13.4. The maximum Gasteiger partial charge on any atom is 0.0166 e. The lowest BCUT2D eigenvalue weighted by molar-refractivity contribution is 0.307. The molecule has 2 heteroatoms. The topological polar surface area (TPSA) is 15.3 Å². The van der Waals surface area contributed by atoms with Crippen LogP contribution in [0.25, 0.3) is 0 Å². The molecule has 2 atom stereocenters. The lowest BCUT2D eigenvalue weighted by Crippen LogP contribution is -2.39. The van der Waals surface area contributed by atoms with Crippen LogP contribution >= 0.6 is 0 Å². The number of nitrogens with zero attached hydrogens (tertiary/aromatic N) is 1. The average molecular weight is 248 g/mol. The van der Waals surface area contributed by atoms with Crippen molar-refractivity contribution in [1.29, 1.82) is 0 Å². The first kappa shape index (κ1) is 15.2. The minimum Gasteiger partial charge on any atom is -0.312 e. The van der Waals surface area contributed by atoms with E-state index in [0.717, 1.165) is 19.6 Å². The summed E-state index contributed by atoms with van der Waals surface area (Å²) in [7, 11) is 2.17. The highest BCUT2D eigenvalue weighted by molar-refractivity contribution is 5.19. The number of rotatable bonds is 8. The number of benzene rings is 1. The summed E-state index contributed by atoms with van der Waals surface area (Å²) in [4.78, 5) is 2.35. The first-order valence-corrected chi connectivity index (χ1v) is 7.14. The molecule has 0 aliphatic rings.